The van der Waals surface area contributed by atoms with E-state index in [0.29, 0.717) is 17.3 Å². The van der Waals surface area contributed by atoms with Crippen LogP contribution in [0.15, 0.2) is 66.1 Å². The Balaban J connectivity index is 1.58. The number of rotatable bonds is 6. The van der Waals surface area contributed by atoms with Crippen molar-refractivity contribution in [3.05, 3.63) is 83.0 Å². The number of hydrogen-bond donors (Lipinski definition) is 2. The number of nitrogens with zero attached hydrogens (tertiary/aromatic N) is 6. The number of fused-ring (bicyclic) bond motifs is 3. The fourth-order valence-electron chi connectivity index (χ4n) is 4.58. The van der Waals surface area contributed by atoms with Gasteiger partial charge >= 0.3 is 5.92 Å². The highest BCUT2D eigenvalue weighted by Gasteiger charge is 2.44. The lowest BCUT2D eigenvalue weighted by Gasteiger charge is -2.28. The van der Waals surface area contributed by atoms with Gasteiger partial charge in [-0.05, 0) is 48.5 Å². The number of halogens is 4. The van der Waals surface area contributed by atoms with Crippen LogP contribution in [0.2, 0.25) is 5.02 Å². The number of aliphatic imine (C=N–C) groups is 1. The van der Waals surface area contributed by atoms with Crippen LogP contribution < -0.4 is 11.1 Å². The van der Waals surface area contributed by atoms with Gasteiger partial charge in [-0.15, -0.1) is 10.2 Å². The monoisotopic (exact) mass is 540 g/mol. The molecule has 1 aliphatic heterocycles. The van der Waals surface area contributed by atoms with Gasteiger partial charge in [-0.3, -0.25) is 9.56 Å². The molecule has 38 heavy (non-hydrogen) atoms. The molecule has 12 heteroatoms. The van der Waals surface area contributed by atoms with E-state index in [4.69, 9.17) is 17.3 Å². The second-order valence-corrected chi connectivity index (χ2v) is 9.23. The van der Waals surface area contributed by atoms with Crippen molar-refractivity contribution in [3.8, 4) is 22.6 Å². The Morgan fingerprint density at radius 3 is 2.79 bits per heavy atom. The minimum absolute atomic E-state index is 0.107. The normalized spacial score (nSPS) is 15.5. The van der Waals surface area contributed by atoms with Crippen LogP contribution in [0.5, 0.6) is 0 Å². The number of anilines is 1. The van der Waals surface area contributed by atoms with Crippen molar-refractivity contribution in [2.75, 3.05) is 19.0 Å². The third-order valence-electron chi connectivity index (χ3n) is 6.43. The Bertz CT molecular complexity index is 1560. The minimum Gasteiger partial charge on any atom is -0.404 e. The lowest BCUT2D eigenvalue weighted by Crippen LogP contribution is -2.30. The summed E-state index contributed by atoms with van der Waals surface area (Å²) in [5.41, 5.74) is 8.13. The molecule has 0 spiro atoms. The molecule has 0 aliphatic carbocycles. The first kappa shape index (κ1) is 25.5. The Morgan fingerprint density at radius 2 is 2.08 bits per heavy atom. The predicted octanol–water partition coefficient (Wildman–Crippen LogP) is 5.35. The smallest absolute Gasteiger partial charge is 0.333 e. The standard InChI is InChI=1S/C26H24ClF3N8/c1-15-12-33-23(34-22(32-2)7-8-31)10-18(15)16-9-21-24-35-36-25(38(24)17(11-28)14-37(21)13-16)26(29,30)19-5-3-4-6-20(19)27/h3-10,12-13,17H,11,14,31H2,1-2H3,(H,32,33,34)/t17-/m0/s1. The van der Waals surface area contributed by atoms with Crippen molar-refractivity contribution in [1.82, 2.24) is 24.3 Å². The number of alkyl halides is 3. The number of amidine groups is 1. The molecule has 0 saturated carbocycles. The fraction of sp³-hybridized carbons (Fsp3) is 0.231. The molecule has 1 aromatic carbocycles. The number of nitrogens with one attached hydrogen (secondary N) is 1. The van der Waals surface area contributed by atoms with Crippen molar-refractivity contribution in [3.63, 3.8) is 0 Å². The van der Waals surface area contributed by atoms with Crippen molar-refractivity contribution in [1.29, 1.82) is 0 Å². The summed E-state index contributed by atoms with van der Waals surface area (Å²) >= 11 is 6.07. The lowest BCUT2D eigenvalue weighted by molar-refractivity contribution is 0.0259. The third kappa shape index (κ3) is 4.32. The zero-order chi connectivity index (χ0) is 27.0. The molecule has 0 amide bonds. The zero-order valence-electron chi connectivity index (χ0n) is 20.5. The number of aryl methyl sites for hydroxylation is 1. The first-order valence-electron chi connectivity index (χ1n) is 11.7. The van der Waals surface area contributed by atoms with Crippen molar-refractivity contribution >= 4 is 23.3 Å². The maximum atomic E-state index is 15.6. The summed E-state index contributed by atoms with van der Waals surface area (Å²) in [5.74, 6) is -3.00. The molecule has 0 fully saturated rings. The van der Waals surface area contributed by atoms with E-state index in [9.17, 15) is 4.39 Å². The van der Waals surface area contributed by atoms with E-state index >= 15 is 8.78 Å². The van der Waals surface area contributed by atoms with Gasteiger partial charge in [0.15, 0.2) is 5.82 Å². The molecule has 1 atom stereocenters. The van der Waals surface area contributed by atoms with Gasteiger partial charge in [0, 0.05) is 37.1 Å². The summed E-state index contributed by atoms with van der Waals surface area (Å²) in [6.45, 7) is 1.16. The Labute approximate surface area is 221 Å². The van der Waals surface area contributed by atoms with Gasteiger partial charge in [0.1, 0.15) is 18.3 Å². The maximum absolute atomic E-state index is 15.6. The Kier molecular flexibility index (Phi) is 6.70. The molecule has 0 saturated heterocycles. The summed E-state index contributed by atoms with van der Waals surface area (Å²) in [7, 11) is 1.63. The van der Waals surface area contributed by atoms with E-state index < -0.39 is 30.0 Å². The van der Waals surface area contributed by atoms with E-state index in [1.807, 2.05) is 29.8 Å². The van der Waals surface area contributed by atoms with Gasteiger partial charge in [-0.1, -0.05) is 29.8 Å². The van der Waals surface area contributed by atoms with Gasteiger partial charge in [0.2, 0.25) is 5.82 Å². The summed E-state index contributed by atoms with van der Waals surface area (Å²) in [5, 5.41) is 10.9. The molecule has 196 valence electrons. The van der Waals surface area contributed by atoms with Gasteiger partial charge in [0.25, 0.3) is 0 Å². The molecule has 8 nitrogen and oxygen atoms in total. The first-order chi connectivity index (χ1) is 18.3. The second kappa shape index (κ2) is 9.97. The lowest BCUT2D eigenvalue weighted by atomic mass is 10.0. The SMILES string of the molecule is CN=C(C=CN)Nc1cc(-c2cc3n(c2)C[C@H](CF)n2c-3nnc2C(F)(F)c2ccccc2Cl)c(C)cn1. The number of benzene rings is 1. The molecule has 5 rings (SSSR count). The molecule has 1 aliphatic rings. The molecule has 0 unspecified atom stereocenters. The van der Waals surface area contributed by atoms with E-state index in [1.165, 1.54) is 29.0 Å². The maximum Gasteiger partial charge on any atom is 0.333 e. The van der Waals surface area contributed by atoms with Crippen LogP contribution in [0.1, 0.15) is 23.0 Å². The average molecular weight is 541 g/mol. The Morgan fingerprint density at radius 1 is 1.29 bits per heavy atom. The van der Waals surface area contributed by atoms with Crippen LogP contribution in [0.25, 0.3) is 22.6 Å². The van der Waals surface area contributed by atoms with E-state index in [1.54, 1.807) is 25.4 Å². The number of nitrogens with two attached hydrogens (primary N) is 1. The molecular formula is C26H24ClF3N8. The summed E-state index contributed by atoms with van der Waals surface area (Å²) < 4.78 is 48.5. The molecule has 3 aromatic heterocycles. The van der Waals surface area contributed by atoms with E-state index in [2.05, 4.69) is 25.5 Å². The molecule has 0 bridgehead atoms. The van der Waals surface area contributed by atoms with Gasteiger partial charge in [-0.25, -0.2) is 9.37 Å². The quantitative estimate of drug-likeness (QED) is 0.254. The van der Waals surface area contributed by atoms with Gasteiger partial charge in [-0.2, -0.15) is 8.78 Å². The highest BCUT2D eigenvalue weighted by Crippen LogP contribution is 2.43. The first-order valence-corrected chi connectivity index (χ1v) is 12.1. The van der Waals surface area contributed by atoms with Crippen molar-refractivity contribution in [2.45, 2.75) is 25.4 Å². The molecular weight excluding hydrogens is 517 g/mol. The largest absolute Gasteiger partial charge is 0.404 e. The molecule has 0 radical (unpaired) electrons. The number of hydrogen-bond acceptors (Lipinski definition) is 5. The van der Waals surface area contributed by atoms with Crippen LogP contribution in [-0.2, 0) is 12.5 Å². The van der Waals surface area contributed by atoms with Crippen LogP contribution in [0.4, 0.5) is 19.0 Å². The molecule has 4 aromatic rings. The van der Waals surface area contributed by atoms with Crippen LogP contribution in [0, 0.1) is 6.92 Å². The minimum atomic E-state index is -3.58. The van der Waals surface area contributed by atoms with Crippen molar-refractivity contribution < 1.29 is 13.2 Å². The predicted molar refractivity (Wildman–Crippen MR) is 141 cm³/mol. The fourth-order valence-corrected chi connectivity index (χ4v) is 4.84. The highest BCUT2D eigenvalue weighted by molar-refractivity contribution is 6.31. The zero-order valence-corrected chi connectivity index (χ0v) is 21.3. The third-order valence-corrected chi connectivity index (χ3v) is 6.76. The summed E-state index contributed by atoms with van der Waals surface area (Å²) in [6, 6.07) is 8.39. The topological polar surface area (TPSA) is 98.9 Å². The van der Waals surface area contributed by atoms with Crippen LogP contribution in [-0.4, -0.2) is 43.9 Å². The van der Waals surface area contributed by atoms with E-state index in [-0.39, 0.29) is 17.4 Å². The van der Waals surface area contributed by atoms with Crippen LogP contribution >= 0.6 is 11.6 Å². The van der Waals surface area contributed by atoms with Gasteiger partial charge < -0.3 is 15.6 Å². The number of pyridine rings is 1. The number of aromatic nitrogens is 5. The highest BCUT2D eigenvalue weighted by atomic mass is 35.5. The Hall–Kier alpha value is -4.12. The summed E-state index contributed by atoms with van der Waals surface area (Å²) in [6.07, 6.45) is 6.54. The van der Waals surface area contributed by atoms with Crippen molar-refractivity contribution in [2.24, 2.45) is 10.7 Å². The molecule has 4 heterocycles. The van der Waals surface area contributed by atoms with Crippen LogP contribution in [0.3, 0.4) is 0 Å². The average Bonchev–Trinajstić information content (AvgIpc) is 3.54. The summed E-state index contributed by atoms with van der Waals surface area (Å²) in [4.78, 5) is 8.51. The van der Waals surface area contributed by atoms with E-state index in [0.717, 1.165) is 16.7 Å². The molecule has 3 N–H and O–H groups in total. The second-order valence-electron chi connectivity index (χ2n) is 8.82. The van der Waals surface area contributed by atoms with Gasteiger partial charge in [0.05, 0.1) is 16.8 Å².